The topological polar surface area (TPSA) is 123 Å². The molecule has 4 aromatic heterocycles. The van der Waals surface area contributed by atoms with Crippen LogP contribution in [-0.4, -0.2) is 62.1 Å². The number of amides is 1. The monoisotopic (exact) mass is 636 g/mol. The molecule has 5 aromatic rings. The van der Waals surface area contributed by atoms with Crippen molar-refractivity contribution in [3.63, 3.8) is 0 Å². The van der Waals surface area contributed by atoms with E-state index >= 15 is 0 Å². The first-order chi connectivity index (χ1) is 22.3. The standard InChI is InChI=1S/C34H33FN8O2S/c1-3-26-31(41(2)33-40-30(27(18-36)46-33)21-4-8-24(35)9-5-21)43-20-23(7-11-29(43)39-26)22-6-10-28(37-19-22)42-16-12-25(13-17-42)38-32(44)34(45)14-15-34/h4-11,19-20,25,45H,3,12-17H2,1-2H3,(H,38,44). The summed E-state index contributed by atoms with van der Waals surface area (Å²) in [7, 11) is 1.92. The third-order valence-electron chi connectivity index (χ3n) is 8.82. The zero-order chi connectivity index (χ0) is 32.0. The van der Waals surface area contributed by atoms with Gasteiger partial charge in [0.1, 0.15) is 45.3 Å². The Kier molecular flexibility index (Phi) is 7.66. The largest absolute Gasteiger partial charge is 0.380 e. The lowest BCUT2D eigenvalue weighted by Gasteiger charge is -2.33. The van der Waals surface area contributed by atoms with Gasteiger partial charge in [-0.3, -0.25) is 9.20 Å². The molecule has 2 N–H and O–H groups in total. The van der Waals surface area contributed by atoms with E-state index in [1.54, 1.807) is 12.1 Å². The first-order valence-corrected chi connectivity index (χ1v) is 16.2. The molecule has 234 valence electrons. The number of carbonyl (C=O) groups is 1. The molecule has 0 radical (unpaired) electrons. The molecule has 1 saturated carbocycles. The van der Waals surface area contributed by atoms with E-state index in [4.69, 9.17) is 15.0 Å². The van der Waals surface area contributed by atoms with E-state index in [2.05, 4.69) is 29.3 Å². The van der Waals surface area contributed by atoms with E-state index in [1.807, 2.05) is 46.9 Å². The van der Waals surface area contributed by atoms with Gasteiger partial charge in [0.15, 0.2) is 5.13 Å². The number of hydrogen-bond donors (Lipinski definition) is 2. The van der Waals surface area contributed by atoms with Gasteiger partial charge < -0.3 is 20.2 Å². The Morgan fingerprint density at radius 1 is 1.11 bits per heavy atom. The number of aliphatic hydroxyl groups is 1. The molecule has 12 heteroatoms. The third-order valence-corrected chi connectivity index (χ3v) is 9.86. The smallest absolute Gasteiger partial charge is 0.252 e. The molecule has 0 unspecified atom stereocenters. The third kappa shape index (κ3) is 5.57. The fourth-order valence-corrected chi connectivity index (χ4v) is 6.78. The number of piperidine rings is 1. The summed E-state index contributed by atoms with van der Waals surface area (Å²) in [5.41, 5.74) is 3.71. The van der Waals surface area contributed by atoms with Crippen LogP contribution in [-0.2, 0) is 11.2 Å². The minimum absolute atomic E-state index is 0.0697. The van der Waals surface area contributed by atoms with Gasteiger partial charge in [0.25, 0.3) is 5.91 Å². The molecule has 2 aliphatic rings. The highest BCUT2D eigenvalue weighted by Crippen LogP contribution is 2.38. The molecule has 0 atom stereocenters. The van der Waals surface area contributed by atoms with Gasteiger partial charge in [-0.15, -0.1) is 0 Å². The van der Waals surface area contributed by atoms with Gasteiger partial charge in [-0.1, -0.05) is 18.3 Å². The number of nitriles is 1. The van der Waals surface area contributed by atoms with Crippen LogP contribution in [0.15, 0.2) is 60.9 Å². The molecule has 1 amide bonds. The van der Waals surface area contributed by atoms with E-state index in [9.17, 15) is 19.6 Å². The lowest BCUT2D eigenvalue weighted by Crippen LogP contribution is -2.48. The SMILES string of the molecule is CCc1nc2ccc(-c3ccc(N4CCC(NC(=O)C5(O)CC5)CC4)nc3)cn2c1N(C)c1nc(-c2ccc(F)cc2)c(C#N)s1. The van der Waals surface area contributed by atoms with Crippen molar-refractivity contribution in [2.45, 2.75) is 50.7 Å². The number of carbonyl (C=O) groups excluding carboxylic acids is 1. The Labute approximate surface area is 269 Å². The summed E-state index contributed by atoms with van der Waals surface area (Å²) in [6, 6.07) is 16.4. The maximum Gasteiger partial charge on any atom is 0.252 e. The van der Waals surface area contributed by atoms with E-state index in [0.717, 1.165) is 60.0 Å². The van der Waals surface area contributed by atoms with E-state index < -0.39 is 5.60 Å². The molecule has 5 heterocycles. The summed E-state index contributed by atoms with van der Waals surface area (Å²) in [4.78, 5) is 31.3. The van der Waals surface area contributed by atoms with E-state index in [1.165, 1.54) is 23.5 Å². The molecule has 1 aromatic carbocycles. The highest BCUT2D eigenvalue weighted by molar-refractivity contribution is 7.16. The summed E-state index contributed by atoms with van der Waals surface area (Å²) in [6.45, 7) is 3.61. The Hall–Kier alpha value is -4.86. The molecule has 7 rings (SSSR count). The van der Waals surface area contributed by atoms with Crippen LogP contribution in [0, 0.1) is 17.1 Å². The van der Waals surface area contributed by atoms with Gasteiger partial charge in [0.2, 0.25) is 0 Å². The normalized spacial score (nSPS) is 15.9. The maximum absolute atomic E-state index is 13.6. The van der Waals surface area contributed by atoms with Gasteiger partial charge in [0.05, 0.1) is 5.69 Å². The van der Waals surface area contributed by atoms with Gasteiger partial charge in [-0.05, 0) is 80.6 Å². The molecule has 0 bridgehead atoms. The number of imidazole rings is 1. The van der Waals surface area contributed by atoms with Crippen LogP contribution in [0.3, 0.4) is 0 Å². The summed E-state index contributed by atoms with van der Waals surface area (Å²) in [5, 5.41) is 23.5. The number of aryl methyl sites for hydroxylation is 1. The molecule has 0 spiro atoms. The zero-order valence-corrected chi connectivity index (χ0v) is 26.4. The maximum atomic E-state index is 13.6. The van der Waals surface area contributed by atoms with Crippen molar-refractivity contribution in [2.24, 2.45) is 0 Å². The van der Waals surface area contributed by atoms with Crippen LogP contribution in [0.5, 0.6) is 0 Å². The predicted molar refractivity (Wildman–Crippen MR) is 176 cm³/mol. The lowest BCUT2D eigenvalue weighted by atomic mass is 10.0. The number of anilines is 3. The summed E-state index contributed by atoms with van der Waals surface area (Å²) in [5.74, 6) is 1.17. The van der Waals surface area contributed by atoms with Gasteiger partial charge in [-0.2, -0.15) is 5.26 Å². The molecule has 1 aliphatic carbocycles. The second kappa shape index (κ2) is 11.8. The second-order valence-corrected chi connectivity index (χ2v) is 12.9. The first-order valence-electron chi connectivity index (χ1n) is 15.4. The van der Waals surface area contributed by atoms with Crippen molar-refractivity contribution in [2.75, 3.05) is 29.9 Å². The van der Waals surface area contributed by atoms with E-state index in [-0.39, 0.29) is 17.8 Å². The molecule has 46 heavy (non-hydrogen) atoms. The predicted octanol–water partition coefficient (Wildman–Crippen LogP) is 5.47. The van der Waals surface area contributed by atoms with Gasteiger partial charge in [0, 0.05) is 55.3 Å². The number of fused-ring (bicyclic) bond motifs is 1. The number of thiazole rings is 1. The molecule has 2 fully saturated rings. The van der Waals surface area contributed by atoms with Crippen LogP contribution >= 0.6 is 11.3 Å². The van der Waals surface area contributed by atoms with Crippen LogP contribution in [0.2, 0.25) is 0 Å². The Morgan fingerprint density at radius 3 is 2.48 bits per heavy atom. The summed E-state index contributed by atoms with van der Waals surface area (Å²) >= 11 is 1.29. The van der Waals surface area contributed by atoms with Gasteiger partial charge in [-0.25, -0.2) is 19.3 Å². The number of halogens is 1. The Balaban J connectivity index is 1.12. The van der Waals surface area contributed by atoms with Crippen molar-refractivity contribution in [3.05, 3.63) is 77.3 Å². The fourth-order valence-electron chi connectivity index (χ4n) is 5.93. The minimum Gasteiger partial charge on any atom is -0.380 e. The van der Waals surface area contributed by atoms with Crippen molar-refractivity contribution in [3.8, 4) is 28.5 Å². The zero-order valence-electron chi connectivity index (χ0n) is 25.6. The first kappa shape index (κ1) is 29.8. The molecule has 1 saturated heterocycles. The Morgan fingerprint density at radius 2 is 1.83 bits per heavy atom. The van der Waals surface area contributed by atoms with Crippen LogP contribution in [0.1, 0.15) is 43.2 Å². The number of pyridine rings is 2. The number of aromatic nitrogens is 4. The number of nitrogens with zero attached hydrogens (tertiary/aromatic N) is 7. The lowest BCUT2D eigenvalue weighted by molar-refractivity contribution is -0.132. The van der Waals surface area contributed by atoms with Crippen molar-refractivity contribution >= 4 is 39.7 Å². The summed E-state index contributed by atoms with van der Waals surface area (Å²) in [6.07, 6.45) is 7.34. The molecular formula is C34H33FN8O2S. The molecule has 10 nitrogen and oxygen atoms in total. The van der Waals surface area contributed by atoms with Gasteiger partial charge >= 0.3 is 0 Å². The molecular weight excluding hydrogens is 603 g/mol. The number of rotatable bonds is 8. The second-order valence-electron chi connectivity index (χ2n) is 11.9. The number of hydrogen-bond acceptors (Lipinski definition) is 9. The quantitative estimate of drug-likeness (QED) is 0.230. The average Bonchev–Trinajstić information content (AvgIpc) is 3.52. The van der Waals surface area contributed by atoms with Crippen LogP contribution in [0.4, 0.5) is 21.2 Å². The fraction of sp³-hybridized carbons (Fsp3) is 0.324. The molecule has 1 aliphatic heterocycles. The van der Waals surface area contributed by atoms with Crippen LogP contribution < -0.4 is 15.1 Å². The number of nitrogens with one attached hydrogen (secondary N) is 1. The Bertz CT molecular complexity index is 1950. The van der Waals surface area contributed by atoms with E-state index in [0.29, 0.717) is 40.5 Å². The number of benzene rings is 1. The van der Waals surface area contributed by atoms with Crippen LogP contribution in [0.25, 0.3) is 28.0 Å². The minimum atomic E-state index is -1.14. The average molecular weight is 637 g/mol. The van der Waals surface area contributed by atoms with Crippen molar-refractivity contribution < 1.29 is 14.3 Å². The summed E-state index contributed by atoms with van der Waals surface area (Å²) < 4.78 is 15.6. The highest BCUT2D eigenvalue weighted by Gasteiger charge is 2.48. The van der Waals surface area contributed by atoms with Crippen molar-refractivity contribution in [1.82, 2.24) is 24.7 Å². The van der Waals surface area contributed by atoms with Crippen molar-refractivity contribution in [1.29, 1.82) is 5.26 Å². The highest BCUT2D eigenvalue weighted by atomic mass is 32.1.